The van der Waals surface area contributed by atoms with E-state index in [2.05, 4.69) is 5.32 Å². The molecule has 2 aliphatic rings. The molecule has 0 unspecified atom stereocenters. The second-order valence-corrected chi connectivity index (χ2v) is 10.3. The van der Waals surface area contributed by atoms with Crippen LogP contribution < -0.4 is 14.4 Å². The van der Waals surface area contributed by atoms with Crippen LogP contribution in [-0.4, -0.2) is 44.8 Å². The highest BCUT2D eigenvalue weighted by Gasteiger charge is 2.75. The Hall–Kier alpha value is -3.07. The Morgan fingerprint density at radius 1 is 1.12 bits per heavy atom. The lowest BCUT2D eigenvalue weighted by molar-refractivity contribution is -0.145. The molecule has 1 N–H and O–H groups in total. The van der Waals surface area contributed by atoms with Gasteiger partial charge in [-0.3, -0.25) is 9.10 Å². The van der Waals surface area contributed by atoms with Gasteiger partial charge in [0.15, 0.2) is 11.4 Å². The van der Waals surface area contributed by atoms with E-state index in [4.69, 9.17) is 9.47 Å². The molecule has 9 heteroatoms. The third kappa shape index (κ3) is 3.60. The molecule has 0 spiro atoms. The molecule has 32 heavy (non-hydrogen) atoms. The van der Waals surface area contributed by atoms with E-state index in [0.29, 0.717) is 30.1 Å². The number of rotatable bonds is 7. The number of amides is 1. The molecule has 1 saturated carbocycles. The van der Waals surface area contributed by atoms with Gasteiger partial charge in [0.1, 0.15) is 5.75 Å². The fourth-order valence-corrected chi connectivity index (χ4v) is 6.84. The molecule has 2 atom stereocenters. The van der Waals surface area contributed by atoms with Crippen LogP contribution in [0, 0.1) is 19.8 Å². The molecule has 0 aromatic heterocycles. The summed E-state index contributed by atoms with van der Waals surface area (Å²) < 4.78 is 37.0. The summed E-state index contributed by atoms with van der Waals surface area (Å²) in [5, 5.41) is 2.74. The molecule has 170 valence electrons. The highest BCUT2D eigenvalue weighted by Crippen LogP contribution is 2.59. The molecule has 4 rings (SSSR count). The van der Waals surface area contributed by atoms with E-state index in [1.54, 1.807) is 31.2 Å². The van der Waals surface area contributed by atoms with E-state index in [0.717, 1.165) is 11.1 Å². The van der Waals surface area contributed by atoms with Crippen LogP contribution in [0.3, 0.4) is 0 Å². The molecule has 1 heterocycles. The number of esters is 1. The maximum Gasteiger partial charge on any atom is 0.344 e. The maximum absolute atomic E-state index is 13.5. The van der Waals surface area contributed by atoms with Gasteiger partial charge in [-0.1, -0.05) is 18.2 Å². The zero-order valence-electron chi connectivity index (χ0n) is 18.3. The van der Waals surface area contributed by atoms with Crippen molar-refractivity contribution in [3.8, 4) is 5.75 Å². The number of anilines is 2. The first-order valence-corrected chi connectivity index (χ1v) is 11.9. The summed E-state index contributed by atoms with van der Waals surface area (Å²) in [7, 11) is -3.86. The average molecular weight is 459 g/mol. The zero-order valence-corrected chi connectivity index (χ0v) is 19.1. The topological polar surface area (TPSA) is 102 Å². The van der Waals surface area contributed by atoms with Crippen molar-refractivity contribution in [2.45, 2.75) is 31.9 Å². The number of hydrogen-bond acceptors (Lipinski definition) is 6. The number of nitrogens with one attached hydrogen (secondary N) is 1. The molecule has 1 saturated heterocycles. The monoisotopic (exact) mass is 458 g/mol. The van der Waals surface area contributed by atoms with E-state index in [9.17, 15) is 18.0 Å². The number of benzene rings is 2. The summed E-state index contributed by atoms with van der Waals surface area (Å²) in [5.74, 6) is -0.785. The molecule has 1 aliphatic heterocycles. The Labute approximate surface area is 187 Å². The third-order valence-electron chi connectivity index (χ3n) is 6.03. The highest BCUT2D eigenvalue weighted by molar-refractivity contribution is 7.95. The third-order valence-corrected chi connectivity index (χ3v) is 8.55. The van der Waals surface area contributed by atoms with Crippen molar-refractivity contribution in [3.63, 3.8) is 0 Å². The van der Waals surface area contributed by atoms with E-state index in [1.807, 2.05) is 32.0 Å². The van der Waals surface area contributed by atoms with Crippen molar-refractivity contribution in [2.24, 2.45) is 5.92 Å². The van der Waals surface area contributed by atoms with Gasteiger partial charge in [-0.15, -0.1) is 0 Å². The van der Waals surface area contributed by atoms with Crippen molar-refractivity contribution in [1.82, 2.24) is 0 Å². The van der Waals surface area contributed by atoms with Gasteiger partial charge in [0.05, 0.1) is 12.3 Å². The lowest BCUT2D eigenvalue weighted by Crippen LogP contribution is -2.42. The van der Waals surface area contributed by atoms with Crippen LogP contribution in [0.15, 0.2) is 42.5 Å². The van der Waals surface area contributed by atoms with E-state index in [-0.39, 0.29) is 19.1 Å². The lowest BCUT2D eigenvalue weighted by Gasteiger charge is -2.26. The van der Waals surface area contributed by atoms with Crippen LogP contribution in [0.4, 0.5) is 11.4 Å². The zero-order chi connectivity index (χ0) is 23.1. The Balaban J connectivity index is 1.47. The fourth-order valence-electron chi connectivity index (χ4n) is 4.35. The number of ether oxygens (including phenoxy) is 2. The molecule has 2 aromatic rings. The van der Waals surface area contributed by atoms with Gasteiger partial charge < -0.3 is 14.8 Å². The number of para-hydroxylation sites is 1. The Bertz CT molecular complexity index is 1140. The van der Waals surface area contributed by atoms with Gasteiger partial charge in [-0.05, 0) is 62.6 Å². The van der Waals surface area contributed by atoms with E-state index < -0.39 is 26.6 Å². The first kappa shape index (κ1) is 22.1. The number of carbonyl (C=O) groups excluding carboxylic acids is 2. The maximum atomic E-state index is 13.5. The molecule has 1 aliphatic carbocycles. The van der Waals surface area contributed by atoms with Gasteiger partial charge in [0.2, 0.25) is 15.9 Å². The molecular formula is C23H26N2O6S. The van der Waals surface area contributed by atoms with Crippen LogP contribution in [0.2, 0.25) is 0 Å². The summed E-state index contributed by atoms with van der Waals surface area (Å²) in [5.41, 5.74) is 2.85. The second-order valence-electron chi connectivity index (χ2n) is 8.14. The predicted octanol–water partition coefficient (Wildman–Crippen LogP) is 2.79. The van der Waals surface area contributed by atoms with Crippen molar-refractivity contribution >= 4 is 33.3 Å². The predicted molar refractivity (Wildman–Crippen MR) is 120 cm³/mol. The largest absolute Gasteiger partial charge is 0.482 e. The SMILES string of the molecule is CCOC(=O)COc1ccc(NC(=O)[C@]23C[C@H]2CN(c2c(C)cccc2C)S3(=O)=O)cc1. The number of fused-ring (bicyclic) bond motifs is 1. The number of sulfonamides is 1. The minimum absolute atomic E-state index is 0.212. The minimum Gasteiger partial charge on any atom is -0.482 e. The molecule has 2 fully saturated rings. The molecule has 0 bridgehead atoms. The van der Waals surface area contributed by atoms with E-state index in [1.165, 1.54) is 4.31 Å². The summed E-state index contributed by atoms with van der Waals surface area (Å²) >= 11 is 0. The number of aryl methyl sites for hydroxylation is 2. The molecule has 0 radical (unpaired) electrons. The second kappa shape index (κ2) is 8.12. The fraction of sp³-hybridized carbons (Fsp3) is 0.391. The number of carbonyl (C=O) groups is 2. The molecule has 1 amide bonds. The summed E-state index contributed by atoms with van der Waals surface area (Å²) in [6, 6.07) is 12.1. The van der Waals surface area contributed by atoms with Crippen LogP contribution in [0.25, 0.3) is 0 Å². The molecule has 2 aromatic carbocycles. The van der Waals surface area contributed by atoms with Gasteiger partial charge in [0.25, 0.3) is 0 Å². The standard InChI is InChI=1S/C23H26N2O6S/c1-4-30-20(26)14-31-19-10-8-18(9-11-19)24-22(27)23-12-17(23)13-25(32(23,28)29)21-15(2)6-5-7-16(21)3/h5-11,17H,4,12-14H2,1-3H3,(H,24,27)/t17-,23-/m0/s1. The Morgan fingerprint density at radius 3 is 2.41 bits per heavy atom. The van der Waals surface area contributed by atoms with E-state index >= 15 is 0 Å². The minimum atomic E-state index is -3.86. The van der Waals surface area contributed by atoms with Crippen LogP contribution in [0.5, 0.6) is 5.75 Å². The van der Waals surface area contributed by atoms with Crippen molar-refractivity contribution < 1.29 is 27.5 Å². The number of nitrogens with zero attached hydrogens (tertiary/aromatic N) is 1. The normalized spacial score (nSPS) is 22.7. The van der Waals surface area contributed by atoms with Crippen molar-refractivity contribution in [2.75, 3.05) is 29.4 Å². The van der Waals surface area contributed by atoms with Crippen molar-refractivity contribution in [1.29, 1.82) is 0 Å². The van der Waals surface area contributed by atoms with Gasteiger partial charge in [0, 0.05) is 18.2 Å². The molecular weight excluding hydrogens is 432 g/mol. The van der Waals surface area contributed by atoms with Crippen LogP contribution in [-0.2, 0) is 24.3 Å². The smallest absolute Gasteiger partial charge is 0.344 e. The summed E-state index contributed by atoms with van der Waals surface area (Å²) in [6.07, 6.45) is 0.323. The molecule has 8 nitrogen and oxygen atoms in total. The van der Waals surface area contributed by atoms with Crippen LogP contribution in [0.1, 0.15) is 24.5 Å². The van der Waals surface area contributed by atoms with Gasteiger partial charge in [-0.25, -0.2) is 13.2 Å². The van der Waals surface area contributed by atoms with Gasteiger partial charge >= 0.3 is 5.97 Å². The Kier molecular flexibility index (Phi) is 5.62. The van der Waals surface area contributed by atoms with Crippen LogP contribution >= 0.6 is 0 Å². The quantitative estimate of drug-likeness (QED) is 0.640. The average Bonchev–Trinajstić information content (AvgIpc) is 3.44. The number of hydrogen-bond donors (Lipinski definition) is 1. The summed E-state index contributed by atoms with van der Waals surface area (Å²) in [6.45, 7) is 5.84. The first-order valence-electron chi connectivity index (χ1n) is 10.5. The lowest BCUT2D eigenvalue weighted by atomic mass is 10.1. The van der Waals surface area contributed by atoms with Crippen molar-refractivity contribution in [3.05, 3.63) is 53.6 Å². The first-order chi connectivity index (χ1) is 15.2. The highest BCUT2D eigenvalue weighted by atomic mass is 32.2. The van der Waals surface area contributed by atoms with Gasteiger partial charge in [-0.2, -0.15) is 0 Å². The Morgan fingerprint density at radius 2 is 1.78 bits per heavy atom. The summed E-state index contributed by atoms with van der Waals surface area (Å²) in [4.78, 5) is 24.5.